The minimum atomic E-state index is 0.657. The molecule has 1 aliphatic heterocycles. The van der Waals surface area contributed by atoms with E-state index < -0.39 is 0 Å². The molecule has 0 saturated carbocycles. The molecule has 1 aliphatic rings. The van der Waals surface area contributed by atoms with Crippen molar-refractivity contribution in [2.75, 3.05) is 13.1 Å². The van der Waals surface area contributed by atoms with Crippen molar-refractivity contribution in [3.63, 3.8) is 0 Å². The summed E-state index contributed by atoms with van der Waals surface area (Å²) in [6.45, 7) is 4.21. The molecule has 1 fully saturated rings. The molecule has 1 rings (SSSR count). The second-order valence-corrected chi connectivity index (χ2v) is 4.07. The maximum Gasteiger partial charge on any atom is 0.0434 e. The number of halogens is 2. The number of hydrogen-bond donors (Lipinski definition) is 0. The SMILES string of the molecule is CC1CCCCN1C/C(Cl)=C/Cl. The Labute approximate surface area is 84.3 Å². The zero-order chi connectivity index (χ0) is 8.97. The van der Waals surface area contributed by atoms with Crippen LogP contribution in [0, 0.1) is 0 Å². The van der Waals surface area contributed by atoms with Crippen LogP contribution in [0.15, 0.2) is 10.6 Å². The van der Waals surface area contributed by atoms with E-state index in [9.17, 15) is 0 Å². The first-order chi connectivity index (χ1) is 5.74. The second kappa shape index (κ2) is 5.11. The molecule has 0 bridgehead atoms. The third-order valence-electron chi connectivity index (χ3n) is 2.41. The van der Waals surface area contributed by atoms with E-state index in [0.717, 1.165) is 18.1 Å². The lowest BCUT2D eigenvalue weighted by molar-refractivity contribution is 0.177. The first-order valence-corrected chi connectivity index (χ1v) is 5.24. The molecule has 0 radical (unpaired) electrons. The van der Waals surface area contributed by atoms with E-state index >= 15 is 0 Å². The Kier molecular flexibility index (Phi) is 4.41. The van der Waals surface area contributed by atoms with Gasteiger partial charge in [-0.05, 0) is 26.3 Å². The normalized spacial score (nSPS) is 27.6. The molecular weight excluding hydrogens is 193 g/mol. The number of nitrogens with zero attached hydrogens (tertiary/aromatic N) is 1. The molecule has 0 aromatic carbocycles. The summed E-state index contributed by atoms with van der Waals surface area (Å²) < 4.78 is 0. The van der Waals surface area contributed by atoms with E-state index in [-0.39, 0.29) is 0 Å². The summed E-state index contributed by atoms with van der Waals surface area (Å²) in [6.07, 6.45) is 3.92. The van der Waals surface area contributed by atoms with Crippen LogP contribution < -0.4 is 0 Å². The van der Waals surface area contributed by atoms with Gasteiger partial charge in [-0.1, -0.05) is 29.6 Å². The molecule has 0 amide bonds. The molecule has 1 nitrogen and oxygen atoms in total. The topological polar surface area (TPSA) is 3.24 Å². The van der Waals surface area contributed by atoms with Crippen molar-refractivity contribution in [3.05, 3.63) is 10.6 Å². The van der Waals surface area contributed by atoms with E-state index in [1.165, 1.54) is 24.8 Å². The summed E-state index contributed by atoms with van der Waals surface area (Å²) in [5, 5.41) is 0.741. The predicted octanol–water partition coefficient (Wildman–Crippen LogP) is 3.18. The zero-order valence-electron chi connectivity index (χ0n) is 7.39. The quantitative estimate of drug-likeness (QED) is 0.673. The van der Waals surface area contributed by atoms with E-state index in [1.54, 1.807) is 0 Å². The molecule has 0 aliphatic carbocycles. The van der Waals surface area contributed by atoms with Crippen molar-refractivity contribution in [3.8, 4) is 0 Å². The lowest BCUT2D eigenvalue weighted by atomic mass is 10.0. The molecule has 1 heterocycles. The summed E-state index contributed by atoms with van der Waals surface area (Å²) in [7, 11) is 0. The smallest absolute Gasteiger partial charge is 0.0434 e. The standard InChI is InChI=1S/C9H15Cl2N/c1-8-4-2-3-5-12(8)7-9(11)6-10/h6,8H,2-5,7H2,1H3/b9-6-. The third-order valence-corrected chi connectivity index (χ3v) is 3.02. The van der Waals surface area contributed by atoms with Crippen LogP contribution in [0.2, 0.25) is 0 Å². The summed E-state index contributed by atoms with van der Waals surface area (Å²) in [5.41, 5.74) is 1.46. The number of piperidine rings is 1. The van der Waals surface area contributed by atoms with E-state index in [1.807, 2.05) is 0 Å². The van der Waals surface area contributed by atoms with Crippen LogP contribution in [0.4, 0.5) is 0 Å². The molecule has 0 N–H and O–H groups in total. The predicted molar refractivity (Wildman–Crippen MR) is 54.7 cm³/mol. The Bertz CT molecular complexity index is 168. The summed E-state index contributed by atoms with van der Waals surface area (Å²) >= 11 is 11.3. The molecule has 0 aromatic rings. The molecule has 0 spiro atoms. The third kappa shape index (κ3) is 2.96. The largest absolute Gasteiger partial charge is 0.295 e. The Morgan fingerprint density at radius 1 is 1.58 bits per heavy atom. The summed E-state index contributed by atoms with van der Waals surface area (Å²) in [4.78, 5) is 2.38. The van der Waals surface area contributed by atoms with Gasteiger partial charge in [0.15, 0.2) is 0 Å². The maximum atomic E-state index is 5.85. The highest BCUT2D eigenvalue weighted by molar-refractivity contribution is 6.36. The van der Waals surface area contributed by atoms with Crippen molar-refractivity contribution in [2.24, 2.45) is 0 Å². The Morgan fingerprint density at radius 3 is 2.92 bits per heavy atom. The van der Waals surface area contributed by atoms with Gasteiger partial charge < -0.3 is 0 Å². The molecule has 0 aromatic heterocycles. The molecular formula is C9H15Cl2N. The minimum Gasteiger partial charge on any atom is -0.295 e. The number of likely N-dealkylation sites (tertiary alicyclic amines) is 1. The molecule has 1 atom stereocenters. The van der Waals surface area contributed by atoms with Crippen LogP contribution >= 0.6 is 23.2 Å². The Morgan fingerprint density at radius 2 is 2.33 bits per heavy atom. The maximum absolute atomic E-state index is 5.85. The van der Waals surface area contributed by atoms with Crippen LogP contribution in [-0.4, -0.2) is 24.0 Å². The van der Waals surface area contributed by atoms with Gasteiger partial charge in [0.2, 0.25) is 0 Å². The van der Waals surface area contributed by atoms with Gasteiger partial charge in [-0.25, -0.2) is 0 Å². The number of rotatable bonds is 2. The van der Waals surface area contributed by atoms with Gasteiger partial charge in [0, 0.05) is 23.2 Å². The second-order valence-electron chi connectivity index (χ2n) is 3.37. The summed E-state index contributed by atoms with van der Waals surface area (Å²) in [5.74, 6) is 0. The zero-order valence-corrected chi connectivity index (χ0v) is 8.91. The van der Waals surface area contributed by atoms with Crippen molar-refractivity contribution in [1.82, 2.24) is 4.90 Å². The number of hydrogen-bond acceptors (Lipinski definition) is 1. The highest BCUT2D eigenvalue weighted by Crippen LogP contribution is 2.18. The van der Waals surface area contributed by atoms with Gasteiger partial charge in [-0.15, -0.1) is 0 Å². The van der Waals surface area contributed by atoms with Crippen LogP contribution in [0.3, 0.4) is 0 Å². The van der Waals surface area contributed by atoms with Gasteiger partial charge in [0.05, 0.1) is 0 Å². The van der Waals surface area contributed by atoms with E-state index in [0.29, 0.717) is 6.04 Å². The van der Waals surface area contributed by atoms with Crippen LogP contribution in [0.1, 0.15) is 26.2 Å². The van der Waals surface area contributed by atoms with Crippen molar-refractivity contribution in [2.45, 2.75) is 32.2 Å². The minimum absolute atomic E-state index is 0.657. The van der Waals surface area contributed by atoms with Gasteiger partial charge >= 0.3 is 0 Å². The Balaban J connectivity index is 2.39. The fourth-order valence-corrected chi connectivity index (χ4v) is 1.84. The first kappa shape index (κ1) is 10.4. The highest BCUT2D eigenvalue weighted by atomic mass is 35.5. The van der Waals surface area contributed by atoms with Gasteiger partial charge in [-0.2, -0.15) is 0 Å². The monoisotopic (exact) mass is 207 g/mol. The average molecular weight is 208 g/mol. The van der Waals surface area contributed by atoms with Crippen molar-refractivity contribution >= 4 is 23.2 Å². The molecule has 3 heteroatoms. The molecule has 12 heavy (non-hydrogen) atoms. The fourth-order valence-electron chi connectivity index (χ4n) is 1.62. The first-order valence-electron chi connectivity index (χ1n) is 4.43. The van der Waals surface area contributed by atoms with E-state index in [2.05, 4.69) is 11.8 Å². The van der Waals surface area contributed by atoms with Crippen molar-refractivity contribution < 1.29 is 0 Å². The Hall–Kier alpha value is 0.280. The highest BCUT2D eigenvalue weighted by Gasteiger charge is 2.17. The lowest BCUT2D eigenvalue weighted by Crippen LogP contribution is -2.38. The van der Waals surface area contributed by atoms with Gasteiger partial charge in [0.1, 0.15) is 0 Å². The van der Waals surface area contributed by atoms with Crippen LogP contribution in [0.5, 0.6) is 0 Å². The van der Waals surface area contributed by atoms with E-state index in [4.69, 9.17) is 23.2 Å². The fraction of sp³-hybridized carbons (Fsp3) is 0.778. The summed E-state index contributed by atoms with van der Waals surface area (Å²) in [6, 6.07) is 0.657. The lowest BCUT2D eigenvalue weighted by Gasteiger charge is -2.32. The molecule has 70 valence electrons. The average Bonchev–Trinajstić information content (AvgIpc) is 2.09. The van der Waals surface area contributed by atoms with Gasteiger partial charge in [0.25, 0.3) is 0 Å². The van der Waals surface area contributed by atoms with Crippen LogP contribution in [-0.2, 0) is 0 Å². The van der Waals surface area contributed by atoms with Crippen molar-refractivity contribution in [1.29, 1.82) is 0 Å². The molecule has 1 unspecified atom stereocenters. The molecule has 1 saturated heterocycles. The van der Waals surface area contributed by atoms with Crippen LogP contribution in [0.25, 0.3) is 0 Å². The van der Waals surface area contributed by atoms with Gasteiger partial charge in [-0.3, -0.25) is 4.90 Å².